The number of aromatic nitrogens is 1. The topological polar surface area (TPSA) is 86.4 Å². The molecular weight excluding hydrogens is 476 g/mol. The van der Waals surface area contributed by atoms with Crippen LogP contribution in [0.1, 0.15) is 34.1 Å². The summed E-state index contributed by atoms with van der Waals surface area (Å²) < 4.78 is 32.9. The van der Waals surface area contributed by atoms with Gasteiger partial charge in [0.1, 0.15) is 23.1 Å². The quantitative estimate of drug-likeness (QED) is 0.241. The number of ether oxygens (including phenoxy) is 1. The monoisotopic (exact) mass is 507 g/mol. The van der Waals surface area contributed by atoms with Crippen LogP contribution in [-0.2, 0) is 19.4 Å². The number of amides is 1. The highest BCUT2D eigenvalue weighted by atomic mass is 19.1. The van der Waals surface area contributed by atoms with E-state index in [1.165, 1.54) is 17.7 Å². The average Bonchev–Trinajstić information content (AvgIpc) is 3.31. The van der Waals surface area contributed by atoms with E-state index in [-0.39, 0.29) is 13.0 Å². The lowest BCUT2D eigenvalue weighted by atomic mass is 10.00. The van der Waals surface area contributed by atoms with Crippen LogP contribution in [0.5, 0.6) is 5.75 Å². The molecule has 4 aromatic rings. The molecule has 0 fully saturated rings. The maximum Gasteiger partial charge on any atom is 0.268 e. The lowest BCUT2D eigenvalue weighted by molar-refractivity contribution is 0.0826. The van der Waals surface area contributed by atoms with Crippen LogP contribution in [0, 0.1) is 11.6 Å². The minimum absolute atomic E-state index is 0.0443. The second-order valence-corrected chi connectivity index (χ2v) is 9.07. The number of hydrogen-bond acceptors (Lipinski definition) is 4. The van der Waals surface area contributed by atoms with Crippen molar-refractivity contribution < 1.29 is 23.4 Å². The molecule has 3 aromatic carbocycles. The van der Waals surface area contributed by atoms with Gasteiger partial charge in [-0.1, -0.05) is 31.2 Å². The van der Waals surface area contributed by atoms with Crippen molar-refractivity contribution in [3.05, 3.63) is 101 Å². The molecule has 1 amide bonds. The summed E-state index contributed by atoms with van der Waals surface area (Å²) in [7, 11) is 1.57. The summed E-state index contributed by atoms with van der Waals surface area (Å²) >= 11 is 0. The molecule has 4 N–H and O–H groups in total. The number of fused-ring (bicyclic) bond motifs is 1. The summed E-state index contributed by atoms with van der Waals surface area (Å²) in [5, 5.41) is 17.9. The zero-order valence-corrected chi connectivity index (χ0v) is 20.9. The van der Waals surface area contributed by atoms with E-state index in [1.807, 2.05) is 24.3 Å². The lowest BCUT2D eigenvalue weighted by Crippen LogP contribution is -2.48. The SMILES string of the molecule is CCc1cccc(CNC[C@H](O)[C@H](Cc2cc(F)cc(F)c2)NC(=O)c2cc3cc(OC)ccc3[nH]2)c1. The molecule has 6 nitrogen and oxygen atoms in total. The first kappa shape index (κ1) is 26.3. The molecule has 2 atom stereocenters. The predicted molar refractivity (Wildman–Crippen MR) is 140 cm³/mol. The fourth-order valence-electron chi connectivity index (χ4n) is 4.34. The number of nitrogens with one attached hydrogen (secondary N) is 3. The summed E-state index contributed by atoms with van der Waals surface area (Å²) in [6.07, 6.45) is -0.0492. The maximum atomic E-state index is 13.8. The van der Waals surface area contributed by atoms with Crippen molar-refractivity contribution in [1.82, 2.24) is 15.6 Å². The Morgan fingerprint density at radius 1 is 1.00 bits per heavy atom. The first-order valence-electron chi connectivity index (χ1n) is 12.2. The molecule has 1 aromatic heterocycles. The molecule has 1 heterocycles. The highest BCUT2D eigenvalue weighted by Crippen LogP contribution is 2.22. The van der Waals surface area contributed by atoms with Crippen LogP contribution in [0.2, 0.25) is 0 Å². The number of methoxy groups -OCH3 is 1. The number of aliphatic hydroxyl groups is 1. The third kappa shape index (κ3) is 6.93. The van der Waals surface area contributed by atoms with Gasteiger partial charge in [-0.05, 0) is 65.9 Å². The fourth-order valence-corrected chi connectivity index (χ4v) is 4.34. The Kier molecular flexibility index (Phi) is 8.53. The molecule has 37 heavy (non-hydrogen) atoms. The van der Waals surface area contributed by atoms with Crippen molar-refractivity contribution in [2.45, 2.75) is 38.5 Å². The van der Waals surface area contributed by atoms with E-state index in [9.17, 15) is 18.7 Å². The number of aliphatic hydroxyl groups excluding tert-OH is 1. The molecule has 0 saturated carbocycles. The van der Waals surface area contributed by atoms with Gasteiger partial charge in [0.05, 0.1) is 19.3 Å². The van der Waals surface area contributed by atoms with E-state index in [0.717, 1.165) is 29.0 Å². The minimum Gasteiger partial charge on any atom is -0.497 e. The Morgan fingerprint density at radius 2 is 1.76 bits per heavy atom. The van der Waals surface area contributed by atoms with E-state index < -0.39 is 29.7 Å². The van der Waals surface area contributed by atoms with E-state index in [0.29, 0.717) is 23.6 Å². The molecule has 0 bridgehead atoms. The third-order valence-corrected chi connectivity index (χ3v) is 6.31. The van der Waals surface area contributed by atoms with Crippen molar-refractivity contribution >= 4 is 16.8 Å². The second-order valence-electron chi connectivity index (χ2n) is 9.07. The molecular formula is C29H31F2N3O3. The van der Waals surface area contributed by atoms with Crippen LogP contribution < -0.4 is 15.4 Å². The van der Waals surface area contributed by atoms with Crippen LogP contribution in [0.4, 0.5) is 8.78 Å². The van der Waals surface area contributed by atoms with Crippen molar-refractivity contribution in [3.63, 3.8) is 0 Å². The number of benzene rings is 3. The highest BCUT2D eigenvalue weighted by Gasteiger charge is 2.24. The van der Waals surface area contributed by atoms with Gasteiger partial charge in [0.25, 0.3) is 5.91 Å². The van der Waals surface area contributed by atoms with Gasteiger partial charge in [-0.3, -0.25) is 4.79 Å². The standard InChI is InChI=1S/C29H31F2N3O3/c1-3-18-5-4-6-19(9-18)16-32-17-28(35)26(12-20-10-22(30)15-23(31)11-20)34-29(36)27-14-21-13-24(37-2)7-8-25(21)33-27/h4-11,13-15,26,28,32-33,35H,3,12,16-17H2,1-2H3,(H,34,36)/t26-,28-/m0/s1. The molecule has 0 unspecified atom stereocenters. The van der Waals surface area contributed by atoms with Crippen LogP contribution in [0.3, 0.4) is 0 Å². The van der Waals surface area contributed by atoms with E-state index in [2.05, 4.69) is 34.7 Å². The normalized spacial score (nSPS) is 12.9. The smallest absolute Gasteiger partial charge is 0.268 e. The molecule has 0 saturated heterocycles. The zero-order chi connectivity index (χ0) is 26.4. The van der Waals surface area contributed by atoms with Crippen molar-refractivity contribution in [1.29, 1.82) is 0 Å². The Bertz CT molecular complexity index is 1350. The Balaban J connectivity index is 1.49. The largest absolute Gasteiger partial charge is 0.497 e. The molecule has 0 spiro atoms. The van der Waals surface area contributed by atoms with Gasteiger partial charge in [0.15, 0.2) is 0 Å². The van der Waals surface area contributed by atoms with Gasteiger partial charge in [-0.2, -0.15) is 0 Å². The highest BCUT2D eigenvalue weighted by molar-refractivity contribution is 5.98. The number of H-pyrrole nitrogens is 1. The summed E-state index contributed by atoms with van der Waals surface area (Å²) in [4.78, 5) is 16.2. The van der Waals surface area contributed by atoms with Gasteiger partial charge < -0.3 is 25.5 Å². The summed E-state index contributed by atoms with van der Waals surface area (Å²) in [6, 6.07) is 17.6. The molecule has 194 valence electrons. The number of carbonyl (C=O) groups excluding carboxylic acids is 1. The summed E-state index contributed by atoms with van der Waals surface area (Å²) in [6.45, 7) is 2.79. The minimum atomic E-state index is -1.02. The van der Waals surface area contributed by atoms with Gasteiger partial charge in [-0.15, -0.1) is 0 Å². The molecule has 8 heteroatoms. The van der Waals surface area contributed by atoms with Crippen LogP contribution in [0.15, 0.2) is 66.7 Å². The number of halogens is 2. The first-order chi connectivity index (χ1) is 17.8. The van der Waals surface area contributed by atoms with Crippen LogP contribution in [-0.4, -0.2) is 41.8 Å². The lowest BCUT2D eigenvalue weighted by Gasteiger charge is -2.25. The van der Waals surface area contributed by atoms with Gasteiger partial charge in [0, 0.05) is 30.1 Å². The van der Waals surface area contributed by atoms with E-state index >= 15 is 0 Å². The number of rotatable bonds is 11. The second kappa shape index (κ2) is 12.0. The summed E-state index contributed by atoms with van der Waals surface area (Å²) in [5.74, 6) is -1.21. The number of hydrogen-bond donors (Lipinski definition) is 4. The summed E-state index contributed by atoms with van der Waals surface area (Å²) in [5.41, 5.74) is 3.68. The predicted octanol–water partition coefficient (Wildman–Crippen LogP) is 4.51. The van der Waals surface area contributed by atoms with Crippen molar-refractivity contribution in [2.75, 3.05) is 13.7 Å². The molecule has 0 aliphatic carbocycles. The third-order valence-electron chi connectivity index (χ3n) is 6.31. The number of aromatic amines is 1. The zero-order valence-electron chi connectivity index (χ0n) is 20.9. The maximum absolute atomic E-state index is 13.8. The molecule has 0 aliphatic rings. The number of carbonyl (C=O) groups is 1. The van der Waals surface area contributed by atoms with E-state index in [1.54, 1.807) is 19.2 Å². The van der Waals surface area contributed by atoms with Crippen LogP contribution in [0.25, 0.3) is 10.9 Å². The van der Waals surface area contributed by atoms with Gasteiger partial charge in [-0.25, -0.2) is 8.78 Å². The van der Waals surface area contributed by atoms with Crippen molar-refractivity contribution in [3.8, 4) is 5.75 Å². The Morgan fingerprint density at radius 3 is 2.49 bits per heavy atom. The Hall–Kier alpha value is -3.75. The van der Waals surface area contributed by atoms with E-state index in [4.69, 9.17) is 4.74 Å². The van der Waals surface area contributed by atoms with Gasteiger partial charge in [0.2, 0.25) is 0 Å². The van der Waals surface area contributed by atoms with Crippen molar-refractivity contribution in [2.24, 2.45) is 0 Å². The Labute approximate surface area is 214 Å². The molecule has 4 rings (SSSR count). The first-order valence-corrected chi connectivity index (χ1v) is 12.2. The fraction of sp³-hybridized carbons (Fsp3) is 0.276. The average molecular weight is 508 g/mol. The molecule has 0 aliphatic heterocycles. The van der Waals surface area contributed by atoms with Gasteiger partial charge >= 0.3 is 0 Å². The molecule has 0 radical (unpaired) electrons. The number of aryl methyl sites for hydroxylation is 1. The van der Waals surface area contributed by atoms with Crippen LogP contribution >= 0.6 is 0 Å².